The minimum absolute atomic E-state index is 0.0487. The molecule has 25 heavy (non-hydrogen) atoms. The fourth-order valence-corrected chi connectivity index (χ4v) is 2.42. The lowest BCUT2D eigenvalue weighted by atomic mass is 10.0. The number of rotatable bonds is 5. The van der Waals surface area contributed by atoms with Gasteiger partial charge in [-0.2, -0.15) is 0 Å². The van der Waals surface area contributed by atoms with Crippen LogP contribution in [0, 0.1) is 0 Å². The molecule has 0 amide bonds. The van der Waals surface area contributed by atoms with E-state index < -0.39 is 5.97 Å². The molecule has 3 aromatic carbocycles. The molecule has 0 unspecified atom stereocenters. The quantitative estimate of drug-likeness (QED) is 0.439. The van der Waals surface area contributed by atoms with Crippen molar-refractivity contribution in [1.29, 1.82) is 0 Å². The van der Waals surface area contributed by atoms with Gasteiger partial charge in [-0.05, 0) is 47.5 Å². The van der Waals surface area contributed by atoms with Crippen LogP contribution in [0.15, 0.2) is 78.9 Å². The molecule has 124 valence electrons. The van der Waals surface area contributed by atoms with Gasteiger partial charge in [-0.25, -0.2) is 4.79 Å². The summed E-state index contributed by atoms with van der Waals surface area (Å²) in [4.78, 5) is 23.7. The first-order valence-electron chi connectivity index (χ1n) is 7.88. The summed E-state index contributed by atoms with van der Waals surface area (Å²) >= 11 is 0. The second-order valence-electron chi connectivity index (χ2n) is 5.48. The lowest BCUT2D eigenvalue weighted by Gasteiger charge is -2.06. The van der Waals surface area contributed by atoms with E-state index in [1.54, 1.807) is 36.4 Å². The van der Waals surface area contributed by atoms with Gasteiger partial charge in [0.25, 0.3) is 0 Å². The Bertz CT molecular complexity index is 869. The normalized spacial score (nSPS) is 10.3. The Morgan fingerprint density at radius 2 is 1.28 bits per heavy atom. The number of benzene rings is 3. The fraction of sp³-hybridized carbons (Fsp3) is 0.0476. The summed E-state index contributed by atoms with van der Waals surface area (Å²) < 4.78 is 5.33. The first-order chi connectivity index (χ1) is 12.2. The minimum Gasteiger partial charge on any atom is -0.423 e. The van der Waals surface area contributed by atoms with E-state index in [4.69, 9.17) is 10.5 Å². The lowest BCUT2D eigenvalue weighted by molar-refractivity contribution is 0.0734. The number of hydrogen-bond donors (Lipinski definition) is 1. The molecule has 0 heterocycles. The SMILES string of the molecule is NCC(=O)c1ccc(OC(=O)c2ccc(-c3ccccc3)cc2)cc1. The van der Waals surface area contributed by atoms with Gasteiger partial charge < -0.3 is 10.5 Å². The molecule has 0 spiro atoms. The second kappa shape index (κ2) is 7.55. The molecular formula is C21H17NO3. The first-order valence-corrected chi connectivity index (χ1v) is 7.88. The monoisotopic (exact) mass is 331 g/mol. The highest BCUT2D eigenvalue weighted by molar-refractivity contribution is 5.97. The summed E-state index contributed by atoms with van der Waals surface area (Å²) in [5.74, 6) is -0.224. The molecule has 0 saturated carbocycles. The molecule has 0 aliphatic carbocycles. The van der Waals surface area contributed by atoms with Crippen LogP contribution < -0.4 is 10.5 Å². The van der Waals surface area contributed by atoms with Crippen molar-refractivity contribution < 1.29 is 14.3 Å². The number of carbonyl (C=O) groups is 2. The molecule has 0 saturated heterocycles. The van der Waals surface area contributed by atoms with Gasteiger partial charge in [0.15, 0.2) is 5.78 Å². The first kappa shape index (κ1) is 16.6. The Balaban J connectivity index is 1.70. The van der Waals surface area contributed by atoms with Gasteiger partial charge in [0, 0.05) is 5.56 Å². The molecule has 0 aliphatic rings. The maximum atomic E-state index is 12.2. The standard InChI is InChI=1S/C21H17NO3/c22-14-20(23)17-10-12-19(13-11-17)25-21(24)18-8-6-16(7-9-18)15-4-2-1-3-5-15/h1-13H,14,22H2. The largest absolute Gasteiger partial charge is 0.423 e. The van der Waals surface area contributed by atoms with Crippen molar-refractivity contribution in [3.8, 4) is 16.9 Å². The van der Waals surface area contributed by atoms with Crippen LogP contribution in [0.2, 0.25) is 0 Å². The van der Waals surface area contributed by atoms with Crippen LogP contribution in [0.5, 0.6) is 5.75 Å². The molecule has 2 N–H and O–H groups in total. The summed E-state index contributed by atoms with van der Waals surface area (Å²) in [6.07, 6.45) is 0. The van der Waals surface area contributed by atoms with Gasteiger partial charge in [0.2, 0.25) is 0 Å². The van der Waals surface area contributed by atoms with E-state index >= 15 is 0 Å². The molecule has 0 radical (unpaired) electrons. The molecule has 0 aromatic heterocycles. The predicted octanol–water partition coefficient (Wildman–Crippen LogP) is 3.71. The van der Waals surface area contributed by atoms with Crippen molar-refractivity contribution in [2.24, 2.45) is 5.73 Å². The fourth-order valence-electron chi connectivity index (χ4n) is 2.42. The van der Waals surface area contributed by atoms with Gasteiger partial charge in [0.05, 0.1) is 12.1 Å². The highest BCUT2D eigenvalue weighted by atomic mass is 16.5. The minimum atomic E-state index is -0.447. The zero-order valence-electron chi connectivity index (χ0n) is 13.5. The van der Waals surface area contributed by atoms with Gasteiger partial charge in [-0.3, -0.25) is 4.79 Å². The molecule has 3 aromatic rings. The average Bonchev–Trinajstić information content (AvgIpc) is 2.68. The molecule has 3 rings (SSSR count). The number of carbonyl (C=O) groups excluding carboxylic acids is 2. The third-order valence-electron chi connectivity index (χ3n) is 3.80. The molecule has 0 bridgehead atoms. The van der Waals surface area contributed by atoms with E-state index in [9.17, 15) is 9.59 Å². The number of ether oxygens (including phenoxy) is 1. The Kier molecular flexibility index (Phi) is 5.02. The average molecular weight is 331 g/mol. The molecule has 4 nitrogen and oxygen atoms in total. The highest BCUT2D eigenvalue weighted by Crippen LogP contribution is 2.20. The Hall–Kier alpha value is -3.24. The number of nitrogens with two attached hydrogens (primary N) is 1. The summed E-state index contributed by atoms with van der Waals surface area (Å²) in [5.41, 5.74) is 8.39. The van der Waals surface area contributed by atoms with Crippen molar-refractivity contribution >= 4 is 11.8 Å². The molecule has 0 aliphatic heterocycles. The van der Waals surface area contributed by atoms with Gasteiger partial charge in [-0.15, -0.1) is 0 Å². The predicted molar refractivity (Wildman–Crippen MR) is 96.7 cm³/mol. The van der Waals surface area contributed by atoms with Crippen LogP contribution in [-0.2, 0) is 0 Å². The highest BCUT2D eigenvalue weighted by Gasteiger charge is 2.10. The van der Waals surface area contributed by atoms with E-state index in [0.29, 0.717) is 16.9 Å². The molecule has 0 atom stereocenters. The van der Waals surface area contributed by atoms with Crippen molar-refractivity contribution in [2.75, 3.05) is 6.54 Å². The number of ketones is 1. The number of esters is 1. The molecular weight excluding hydrogens is 314 g/mol. The van der Waals surface area contributed by atoms with Crippen molar-refractivity contribution in [1.82, 2.24) is 0 Å². The topological polar surface area (TPSA) is 69.4 Å². The molecule has 0 fully saturated rings. The van der Waals surface area contributed by atoms with E-state index in [2.05, 4.69) is 0 Å². The van der Waals surface area contributed by atoms with Crippen LogP contribution in [-0.4, -0.2) is 18.3 Å². The van der Waals surface area contributed by atoms with Crippen LogP contribution in [0.4, 0.5) is 0 Å². The van der Waals surface area contributed by atoms with Gasteiger partial charge in [-0.1, -0.05) is 42.5 Å². The van der Waals surface area contributed by atoms with Crippen molar-refractivity contribution in [2.45, 2.75) is 0 Å². The second-order valence-corrected chi connectivity index (χ2v) is 5.48. The van der Waals surface area contributed by atoms with E-state index in [-0.39, 0.29) is 12.3 Å². The van der Waals surface area contributed by atoms with Gasteiger partial charge in [0.1, 0.15) is 5.75 Å². The summed E-state index contributed by atoms with van der Waals surface area (Å²) in [6, 6.07) is 23.5. The summed E-state index contributed by atoms with van der Waals surface area (Å²) in [6.45, 7) is -0.0487. The van der Waals surface area contributed by atoms with Crippen LogP contribution in [0.3, 0.4) is 0 Å². The summed E-state index contributed by atoms with van der Waals surface area (Å²) in [7, 11) is 0. The van der Waals surface area contributed by atoms with Crippen LogP contribution >= 0.6 is 0 Å². The van der Waals surface area contributed by atoms with Crippen LogP contribution in [0.1, 0.15) is 20.7 Å². The smallest absolute Gasteiger partial charge is 0.343 e. The number of hydrogen-bond acceptors (Lipinski definition) is 4. The Morgan fingerprint density at radius 1 is 0.720 bits per heavy atom. The van der Waals surface area contributed by atoms with E-state index in [0.717, 1.165) is 11.1 Å². The van der Waals surface area contributed by atoms with E-state index in [1.807, 2.05) is 42.5 Å². The zero-order valence-corrected chi connectivity index (χ0v) is 13.5. The zero-order chi connectivity index (χ0) is 17.6. The maximum absolute atomic E-state index is 12.2. The maximum Gasteiger partial charge on any atom is 0.343 e. The van der Waals surface area contributed by atoms with E-state index in [1.165, 1.54) is 0 Å². The molecule has 4 heteroatoms. The number of Topliss-reactive ketones (excluding diaryl/α,β-unsaturated/α-hetero) is 1. The van der Waals surface area contributed by atoms with Gasteiger partial charge >= 0.3 is 5.97 Å². The third kappa shape index (κ3) is 4.00. The lowest BCUT2D eigenvalue weighted by Crippen LogP contribution is -2.13. The Labute approximate surface area is 145 Å². The van der Waals surface area contributed by atoms with Crippen molar-refractivity contribution in [3.05, 3.63) is 90.0 Å². The Morgan fingerprint density at radius 3 is 1.88 bits per heavy atom. The van der Waals surface area contributed by atoms with Crippen LogP contribution in [0.25, 0.3) is 11.1 Å². The summed E-state index contributed by atoms with van der Waals surface area (Å²) in [5, 5.41) is 0. The third-order valence-corrected chi connectivity index (χ3v) is 3.80. The van der Waals surface area contributed by atoms with Crippen molar-refractivity contribution in [3.63, 3.8) is 0 Å².